The van der Waals surface area contributed by atoms with E-state index in [-0.39, 0.29) is 36.5 Å². The third-order valence-electron chi connectivity index (χ3n) is 3.72. The summed E-state index contributed by atoms with van der Waals surface area (Å²) in [6, 6.07) is 0. The Kier molecular flexibility index (Phi) is 6.78. The molecule has 152 valence electrons. The number of hydrogen-bond donors (Lipinski definition) is 0. The Balaban J connectivity index is 3.70. The van der Waals surface area contributed by atoms with Crippen molar-refractivity contribution in [1.82, 2.24) is 3.12 Å². The number of hydrogen-bond acceptors (Lipinski definition) is 4. The first-order valence-electron chi connectivity index (χ1n) is 7.33. The Morgan fingerprint density at radius 1 is 0.840 bits per heavy atom. The van der Waals surface area contributed by atoms with Crippen LogP contribution in [0.3, 0.4) is 0 Å². The SMILES string of the molecule is CCCCS1(N(S(=O)(=O)C(F)(F)F)S(=O)(=O)C(F)(F)F)CCCCC1. The molecule has 0 spiro atoms. The summed E-state index contributed by atoms with van der Waals surface area (Å²) in [4.78, 5) is 0. The Labute approximate surface area is 144 Å². The molecule has 0 radical (unpaired) electrons. The summed E-state index contributed by atoms with van der Waals surface area (Å²) in [7, 11) is -16.8. The molecule has 0 aromatic heterocycles. The molecular weight excluding hydrogens is 420 g/mol. The van der Waals surface area contributed by atoms with Gasteiger partial charge in [-0.05, 0) is 39.6 Å². The lowest BCUT2D eigenvalue weighted by atomic mass is 10.3. The van der Waals surface area contributed by atoms with Gasteiger partial charge in [0.1, 0.15) is 0 Å². The molecule has 0 amide bonds. The molecule has 1 fully saturated rings. The zero-order valence-electron chi connectivity index (χ0n) is 13.2. The van der Waals surface area contributed by atoms with Gasteiger partial charge in [0.15, 0.2) is 0 Å². The fraction of sp³-hybridized carbons (Fsp3) is 1.00. The second-order valence-corrected chi connectivity index (χ2v) is 13.4. The largest absolute Gasteiger partial charge is 0.513 e. The molecule has 5 nitrogen and oxygen atoms in total. The van der Waals surface area contributed by atoms with Crippen LogP contribution in [0.4, 0.5) is 26.3 Å². The van der Waals surface area contributed by atoms with E-state index < -0.39 is 44.4 Å². The van der Waals surface area contributed by atoms with Gasteiger partial charge in [-0.1, -0.05) is 19.8 Å². The lowest BCUT2D eigenvalue weighted by Gasteiger charge is -2.49. The van der Waals surface area contributed by atoms with Crippen LogP contribution in [0.1, 0.15) is 39.0 Å². The van der Waals surface area contributed by atoms with E-state index in [1.165, 1.54) is 0 Å². The fourth-order valence-corrected chi connectivity index (χ4v) is 13.0. The van der Waals surface area contributed by atoms with Gasteiger partial charge in [-0.3, -0.25) is 0 Å². The third-order valence-corrected chi connectivity index (χ3v) is 13.7. The van der Waals surface area contributed by atoms with E-state index in [1.54, 1.807) is 6.92 Å². The highest BCUT2D eigenvalue weighted by Crippen LogP contribution is 2.61. The van der Waals surface area contributed by atoms with E-state index in [0.717, 1.165) is 0 Å². The van der Waals surface area contributed by atoms with Crippen molar-refractivity contribution in [3.05, 3.63) is 0 Å². The van der Waals surface area contributed by atoms with Gasteiger partial charge in [-0.15, -0.1) is 0 Å². The molecule has 0 aromatic carbocycles. The second kappa shape index (κ2) is 7.43. The summed E-state index contributed by atoms with van der Waals surface area (Å²) in [5.74, 6) is -0.899. The maximum Gasteiger partial charge on any atom is 0.513 e. The molecule has 0 bridgehead atoms. The Morgan fingerprint density at radius 3 is 1.56 bits per heavy atom. The van der Waals surface area contributed by atoms with Crippen molar-refractivity contribution in [3.63, 3.8) is 0 Å². The van der Waals surface area contributed by atoms with Crippen LogP contribution < -0.4 is 0 Å². The summed E-state index contributed by atoms with van der Waals surface area (Å²) in [6.45, 7) is 1.62. The summed E-state index contributed by atoms with van der Waals surface area (Å²) < 4.78 is 124. The van der Waals surface area contributed by atoms with Gasteiger partial charge in [0.05, 0.1) is 0 Å². The van der Waals surface area contributed by atoms with Crippen molar-refractivity contribution < 1.29 is 43.2 Å². The van der Waals surface area contributed by atoms with Crippen molar-refractivity contribution in [2.45, 2.75) is 50.0 Å². The monoisotopic (exact) mass is 439 g/mol. The maximum atomic E-state index is 13.0. The van der Waals surface area contributed by atoms with Crippen LogP contribution in [0.2, 0.25) is 0 Å². The molecule has 1 saturated heterocycles. The maximum absolute atomic E-state index is 13.0. The lowest BCUT2D eigenvalue weighted by Crippen LogP contribution is -2.52. The molecule has 0 atom stereocenters. The molecule has 0 saturated carbocycles. The first-order valence-corrected chi connectivity index (χ1v) is 12.3. The molecule has 0 aliphatic carbocycles. The molecule has 1 heterocycles. The normalized spacial score (nSPS) is 21.3. The Bertz CT molecular complexity index is 621. The smallest absolute Gasteiger partial charge is 0.201 e. The minimum atomic E-state index is -6.71. The van der Waals surface area contributed by atoms with Crippen molar-refractivity contribution in [3.8, 4) is 0 Å². The van der Waals surface area contributed by atoms with Gasteiger partial charge in [0.25, 0.3) is 0 Å². The summed E-state index contributed by atoms with van der Waals surface area (Å²) in [5, 5.41) is 0. The molecule has 0 unspecified atom stereocenters. The van der Waals surface area contributed by atoms with Crippen molar-refractivity contribution in [1.29, 1.82) is 0 Å². The summed E-state index contributed by atoms with van der Waals surface area (Å²) in [6.07, 6.45) is 1.35. The van der Waals surface area contributed by atoms with E-state index in [9.17, 15) is 43.2 Å². The van der Waals surface area contributed by atoms with Gasteiger partial charge in [0.2, 0.25) is 0 Å². The molecule has 0 N–H and O–H groups in total. The van der Waals surface area contributed by atoms with E-state index in [4.69, 9.17) is 0 Å². The number of halogens is 6. The lowest BCUT2D eigenvalue weighted by molar-refractivity contribution is -0.0505. The van der Waals surface area contributed by atoms with Crippen LogP contribution >= 0.6 is 10.2 Å². The first kappa shape index (κ1) is 22.8. The third kappa shape index (κ3) is 4.38. The molecule has 1 aliphatic heterocycles. The topological polar surface area (TPSA) is 71.5 Å². The molecule has 25 heavy (non-hydrogen) atoms. The van der Waals surface area contributed by atoms with Crippen LogP contribution in [-0.4, -0.2) is 48.2 Å². The van der Waals surface area contributed by atoms with Crippen LogP contribution in [-0.2, 0) is 20.0 Å². The van der Waals surface area contributed by atoms with Gasteiger partial charge in [-0.2, -0.15) is 36.6 Å². The highest BCUT2D eigenvalue weighted by atomic mass is 32.4. The molecule has 1 rings (SSSR count). The number of alkyl halides is 6. The van der Waals surface area contributed by atoms with Gasteiger partial charge in [-0.25, -0.2) is 16.8 Å². The Morgan fingerprint density at radius 2 is 1.24 bits per heavy atom. The zero-order chi connectivity index (χ0) is 19.7. The molecule has 14 heteroatoms. The average Bonchev–Trinajstić information content (AvgIpc) is 2.43. The highest BCUT2D eigenvalue weighted by molar-refractivity contribution is 8.41. The molecule has 1 aliphatic rings. The molecule has 0 aromatic rings. The van der Waals surface area contributed by atoms with Gasteiger partial charge in [0, 0.05) is 0 Å². The van der Waals surface area contributed by atoms with E-state index in [2.05, 4.69) is 0 Å². The quantitative estimate of drug-likeness (QED) is 0.592. The van der Waals surface area contributed by atoms with Crippen molar-refractivity contribution in [2.24, 2.45) is 0 Å². The second-order valence-electron chi connectivity index (χ2n) is 5.59. The number of nitrogens with zero attached hydrogens (tertiary/aromatic N) is 1. The predicted octanol–water partition coefficient (Wildman–Crippen LogP) is 3.69. The highest BCUT2D eigenvalue weighted by Gasteiger charge is 2.66. The van der Waals surface area contributed by atoms with Gasteiger partial charge < -0.3 is 0 Å². The number of rotatable bonds is 6. The van der Waals surface area contributed by atoms with Crippen LogP contribution in [0.15, 0.2) is 0 Å². The number of sulfonamides is 2. The zero-order valence-corrected chi connectivity index (χ0v) is 15.7. The predicted molar refractivity (Wildman–Crippen MR) is 82.7 cm³/mol. The average molecular weight is 439 g/mol. The van der Waals surface area contributed by atoms with Crippen LogP contribution in [0.25, 0.3) is 0 Å². The first-order chi connectivity index (χ1) is 11.1. The van der Waals surface area contributed by atoms with E-state index in [1.807, 2.05) is 0 Å². The Hall–Kier alpha value is -0.210. The summed E-state index contributed by atoms with van der Waals surface area (Å²) >= 11 is 0. The minimum absolute atomic E-state index is 0.132. The van der Waals surface area contributed by atoms with Crippen LogP contribution in [0, 0.1) is 0 Å². The molecular formula is C11H19F6NO4S3. The summed E-state index contributed by atoms with van der Waals surface area (Å²) in [5.41, 5.74) is -12.3. The van der Waals surface area contributed by atoms with E-state index in [0.29, 0.717) is 12.8 Å². The van der Waals surface area contributed by atoms with Crippen LogP contribution in [0.5, 0.6) is 0 Å². The van der Waals surface area contributed by atoms with Gasteiger partial charge >= 0.3 is 31.1 Å². The fourth-order valence-electron chi connectivity index (χ4n) is 2.58. The van der Waals surface area contributed by atoms with Crippen molar-refractivity contribution >= 4 is 30.3 Å². The minimum Gasteiger partial charge on any atom is -0.201 e. The standard InChI is InChI=1S/C11H19F6NO4S3/c1-2-3-7-23(8-5-4-6-9-23)18(24(19,20)10(12,13)14)25(21,22)11(15,16)17/h2-9H2,1H3. The van der Waals surface area contributed by atoms with E-state index >= 15 is 0 Å². The van der Waals surface area contributed by atoms with Crippen molar-refractivity contribution in [2.75, 3.05) is 17.3 Å². The number of unbranched alkanes of at least 4 members (excludes halogenated alkanes) is 1.